The van der Waals surface area contributed by atoms with Crippen LogP contribution in [0.3, 0.4) is 0 Å². The predicted octanol–water partition coefficient (Wildman–Crippen LogP) is 2.48. The first-order chi connectivity index (χ1) is 7.64. The maximum absolute atomic E-state index is 11.2. The summed E-state index contributed by atoms with van der Waals surface area (Å²) in [5.41, 5.74) is 0. The summed E-state index contributed by atoms with van der Waals surface area (Å²) in [6.07, 6.45) is 8.16. The quantitative estimate of drug-likeness (QED) is 0.650. The SMILES string of the molecule is CCOC1(OCC)C=CC=CC1CC(C)=O. The summed E-state index contributed by atoms with van der Waals surface area (Å²) in [6.45, 7) is 6.57. The average molecular weight is 224 g/mol. The van der Waals surface area contributed by atoms with Crippen molar-refractivity contribution in [1.29, 1.82) is 0 Å². The van der Waals surface area contributed by atoms with Crippen LogP contribution >= 0.6 is 0 Å². The van der Waals surface area contributed by atoms with Crippen LogP contribution in [-0.4, -0.2) is 24.8 Å². The van der Waals surface area contributed by atoms with Crippen molar-refractivity contribution in [2.75, 3.05) is 13.2 Å². The molecule has 1 aliphatic rings. The Morgan fingerprint density at radius 3 is 2.38 bits per heavy atom. The van der Waals surface area contributed by atoms with Crippen LogP contribution in [0, 0.1) is 5.92 Å². The van der Waals surface area contributed by atoms with Crippen LogP contribution < -0.4 is 0 Å². The van der Waals surface area contributed by atoms with Gasteiger partial charge in [0.15, 0.2) is 5.79 Å². The molecule has 0 aromatic rings. The second-order valence-electron chi connectivity index (χ2n) is 3.84. The molecule has 0 bridgehead atoms. The Hall–Kier alpha value is -0.930. The summed E-state index contributed by atoms with van der Waals surface area (Å²) >= 11 is 0. The molecule has 0 aromatic carbocycles. The highest BCUT2D eigenvalue weighted by Gasteiger charge is 2.38. The molecule has 1 aliphatic carbocycles. The molecule has 0 saturated carbocycles. The Balaban J connectivity index is 2.87. The minimum Gasteiger partial charge on any atom is -0.346 e. The van der Waals surface area contributed by atoms with Crippen LogP contribution in [-0.2, 0) is 14.3 Å². The van der Waals surface area contributed by atoms with E-state index in [1.807, 2.05) is 38.2 Å². The monoisotopic (exact) mass is 224 g/mol. The molecule has 3 nitrogen and oxygen atoms in total. The van der Waals surface area contributed by atoms with Crippen molar-refractivity contribution in [3.63, 3.8) is 0 Å². The van der Waals surface area contributed by atoms with Crippen LogP contribution in [0.4, 0.5) is 0 Å². The fraction of sp³-hybridized carbons (Fsp3) is 0.615. The van der Waals surface area contributed by atoms with Gasteiger partial charge >= 0.3 is 0 Å². The number of hydrogen-bond acceptors (Lipinski definition) is 3. The number of carbonyl (C=O) groups is 1. The van der Waals surface area contributed by atoms with Crippen molar-refractivity contribution in [2.24, 2.45) is 5.92 Å². The van der Waals surface area contributed by atoms with E-state index in [0.717, 1.165) is 0 Å². The molecule has 0 fully saturated rings. The lowest BCUT2D eigenvalue weighted by molar-refractivity contribution is -0.223. The van der Waals surface area contributed by atoms with Crippen LogP contribution in [0.25, 0.3) is 0 Å². The first-order valence-corrected chi connectivity index (χ1v) is 5.78. The van der Waals surface area contributed by atoms with Crippen molar-refractivity contribution in [3.05, 3.63) is 24.3 Å². The summed E-state index contributed by atoms with van der Waals surface area (Å²) in [6, 6.07) is 0. The third-order valence-electron chi connectivity index (χ3n) is 2.55. The Morgan fingerprint density at radius 1 is 1.25 bits per heavy atom. The van der Waals surface area contributed by atoms with Gasteiger partial charge in [-0.2, -0.15) is 0 Å². The van der Waals surface area contributed by atoms with Gasteiger partial charge in [-0.3, -0.25) is 0 Å². The molecule has 0 spiro atoms. The van der Waals surface area contributed by atoms with Crippen molar-refractivity contribution in [1.82, 2.24) is 0 Å². The normalized spacial score (nSPS) is 22.3. The zero-order valence-corrected chi connectivity index (χ0v) is 10.2. The molecule has 0 amide bonds. The summed E-state index contributed by atoms with van der Waals surface area (Å²) in [5, 5.41) is 0. The number of hydrogen-bond donors (Lipinski definition) is 0. The Morgan fingerprint density at radius 2 is 1.88 bits per heavy atom. The highest BCUT2D eigenvalue weighted by atomic mass is 16.7. The lowest BCUT2D eigenvalue weighted by Crippen LogP contribution is -2.43. The molecule has 1 atom stereocenters. The van der Waals surface area contributed by atoms with Crippen LogP contribution in [0.1, 0.15) is 27.2 Å². The van der Waals surface area contributed by atoms with Crippen molar-refractivity contribution in [3.8, 4) is 0 Å². The van der Waals surface area contributed by atoms with Crippen LogP contribution in [0.5, 0.6) is 0 Å². The molecule has 0 radical (unpaired) electrons. The van der Waals surface area contributed by atoms with Gasteiger partial charge < -0.3 is 14.3 Å². The van der Waals surface area contributed by atoms with Crippen molar-refractivity contribution in [2.45, 2.75) is 33.0 Å². The van der Waals surface area contributed by atoms with Gasteiger partial charge in [0.25, 0.3) is 0 Å². The molecule has 0 aromatic heterocycles. The van der Waals surface area contributed by atoms with Crippen molar-refractivity contribution < 1.29 is 14.3 Å². The average Bonchev–Trinajstić information content (AvgIpc) is 2.22. The molecular formula is C13H20O3. The van der Waals surface area contributed by atoms with Gasteiger partial charge in [-0.25, -0.2) is 0 Å². The highest BCUT2D eigenvalue weighted by Crippen LogP contribution is 2.32. The van der Waals surface area contributed by atoms with E-state index in [0.29, 0.717) is 19.6 Å². The van der Waals surface area contributed by atoms with E-state index in [4.69, 9.17) is 9.47 Å². The Labute approximate surface area is 97.1 Å². The lowest BCUT2D eigenvalue weighted by atomic mass is 9.89. The van der Waals surface area contributed by atoms with E-state index in [1.54, 1.807) is 6.92 Å². The van der Waals surface area contributed by atoms with E-state index < -0.39 is 5.79 Å². The molecule has 0 saturated heterocycles. The van der Waals surface area contributed by atoms with Gasteiger partial charge in [-0.05, 0) is 26.8 Å². The summed E-state index contributed by atoms with van der Waals surface area (Å²) in [5.74, 6) is -0.646. The Kier molecular flexibility index (Phi) is 4.90. The largest absolute Gasteiger partial charge is 0.346 e. The number of allylic oxidation sites excluding steroid dienone is 2. The van der Waals surface area contributed by atoms with Gasteiger partial charge in [0.2, 0.25) is 0 Å². The topological polar surface area (TPSA) is 35.5 Å². The molecule has 1 unspecified atom stereocenters. The van der Waals surface area contributed by atoms with E-state index in [-0.39, 0.29) is 11.7 Å². The van der Waals surface area contributed by atoms with Gasteiger partial charge in [0.1, 0.15) is 5.78 Å². The van der Waals surface area contributed by atoms with E-state index in [1.165, 1.54) is 0 Å². The molecule has 0 heterocycles. The zero-order chi connectivity index (χ0) is 12.0. The maximum Gasteiger partial charge on any atom is 0.194 e. The minimum atomic E-state index is -0.760. The number of Topliss-reactive ketones (excluding diaryl/α,β-unsaturated/α-hetero) is 1. The second-order valence-corrected chi connectivity index (χ2v) is 3.84. The summed E-state index contributed by atoms with van der Waals surface area (Å²) in [7, 11) is 0. The molecule has 16 heavy (non-hydrogen) atoms. The zero-order valence-electron chi connectivity index (χ0n) is 10.2. The number of ether oxygens (including phenoxy) is 2. The fourth-order valence-corrected chi connectivity index (χ4v) is 1.97. The summed E-state index contributed by atoms with van der Waals surface area (Å²) < 4.78 is 11.4. The third-order valence-corrected chi connectivity index (χ3v) is 2.55. The van der Waals surface area contributed by atoms with Gasteiger partial charge in [0, 0.05) is 25.6 Å². The molecule has 3 heteroatoms. The molecule has 0 N–H and O–H groups in total. The number of rotatable bonds is 6. The first kappa shape index (κ1) is 13.1. The number of ketones is 1. The highest BCUT2D eigenvalue weighted by molar-refractivity contribution is 5.76. The second kappa shape index (κ2) is 5.97. The van der Waals surface area contributed by atoms with Gasteiger partial charge in [-0.1, -0.05) is 18.2 Å². The summed E-state index contributed by atoms with van der Waals surface area (Å²) in [4.78, 5) is 11.2. The first-order valence-electron chi connectivity index (χ1n) is 5.78. The lowest BCUT2D eigenvalue weighted by Gasteiger charge is -2.37. The minimum absolute atomic E-state index is 0.0325. The van der Waals surface area contributed by atoms with E-state index >= 15 is 0 Å². The van der Waals surface area contributed by atoms with Crippen LogP contribution in [0.15, 0.2) is 24.3 Å². The fourth-order valence-electron chi connectivity index (χ4n) is 1.97. The third kappa shape index (κ3) is 3.03. The maximum atomic E-state index is 11.2. The predicted molar refractivity (Wildman–Crippen MR) is 63.1 cm³/mol. The van der Waals surface area contributed by atoms with E-state index in [9.17, 15) is 4.79 Å². The molecular weight excluding hydrogens is 204 g/mol. The standard InChI is InChI=1S/C13H20O3/c1-4-15-13(16-5-2)9-7-6-8-12(13)10-11(3)14/h6-9,12H,4-5,10H2,1-3H3. The van der Waals surface area contributed by atoms with Crippen molar-refractivity contribution >= 4 is 5.78 Å². The van der Waals surface area contributed by atoms with Gasteiger partial charge in [0.05, 0.1) is 0 Å². The van der Waals surface area contributed by atoms with Gasteiger partial charge in [-0.15, -0.1) is 0 Å². The van der Waals surface area contributed by atoms with E-state index in [2.05, 4.69) is 0 Å². The molecule has 90 valence electrons. The molecule has 1 rings (SSSR count). The smallest absolute Gasteiger partial charge is 0.194 e. The van der Waals surface area contributed by atoms with Crippen LogP contribution in [0.2, 0.25) is 0 Å². The Bertz CT molecular complexity index is 286. The molecule has 0 aliphatic heterocycles. The number of carbonyl (C=O) groups excluding carboxylic acids is 1.